The molecule has 25 heavy (non-hydrogen) atoms. The molecule has 128 valence electrons. The van der Waals surface area contributed by atoms with Crippen molar-refractivity contribution >= 4 is 17.7 Å². The van der Waals surface area contributed by atoms with Crippen molar-refractivity contribution in [2.45, 2.75) is 30.5 Å². The van der Waals surface area contributed by atoms with E-state index in [1.807, 2.05) is 61.5 Å². The third-order valence-electron chi connectivity index (χ3n) is 3.70. The first-order valence-corrected chi connectivity index (χ1v) is 8.99. The molecule has 0 unspecified atom stereocenters. The first-order valence-electron chi connectivity index (χ1n) is 8.00. The molecule has 1 aromatic heterocycles. The molecule has 3 rings (SSSR count). The summed E-state index contributed by atoms with van der Waals surface area (Å²) in [5.41, 5.74) is 1.72. The molecular weight excluding hydrogens is 334 g/mol. The largest absolute Gasteiger partial charge is 0.345 e. The number of nitrogens with zero attached hydrogens (tertiary/aromatic N) is 2. The molecule has 0 saturated heterocycles. The van der Waals surface area contributed by atoms with Crippen LogP contribution < -0.4 is 5.32 Å². The van der Waals surface area contributed by atoms with Gasteiger partial charge in [0.05, 0.1) is 17.4 Å². The van der Waals surface area contributed by atoms with Crippen LogP contribution in [0.3, 0.4) is 0 Å². The molecule has 0 fully saturated rings. The normalized spacial score (nSPS) is 11.9. The Morgan fingerprint density at radius 3 is 2.60 bits per heavy atom. The number of aromatic nitrogens is 2. The van der Waals surface area contributed by atoms with E-state index in [0.717, 1.165) is 10.5 Å². The minimum absolute atomic E-state index is 0.0645. The minimum atomic E-state index is -0.0961. The summed E-state index contributed by atoms with van der Waals surface area (Å²) >= 11 is 1.51. The van der Waals surface area contributed by atoms with Crippen LogP contribution in [0.25, 0.3) is 0 Å². The summed E-state index contributed by atoms with van der Waals surface area (Å²) in [5.74, 6) is 1.59. The Kier molecular flexibility index (Phi) is 5.50. The highest BCUT2D eigenvalue weighted by atomic mass is 32.2. The van der Waals surface area contributed by atoms with Crippen molar-refractivity contribution in [3.8, 4) is 0 Å². The number of amides is 1. The van der Waals surface area contributed by atoms with Crippen molar-refractivity contribution in [2.75, 3.05) is 0 Å². The molecule has 0 radical (unpaired) electrons. The summed E-state index contributed by atoms with van der Waals surface area (Å²) in [6.45, 7) is 3.76. The molecule has 2 aromatic carbocycles. The lowest BCUT2D eigenvalue weighted by Gasteiger charge is -2.15. The van der Waals surface area contributed by atoms with Crippen molar-refractivity contribution in [2.24, 2.45) is 0 Å². The summed E-state index contributed by atoms with van der Waals surface area (Å²) in [6.07, 6.45) is 0. The second-order valence-corrected chi connectivity index (χ2v) is 6.64. The van der Waals surface area contributed by atoms with Crippen molar-refractivity contribution < 1.29 is 9.32 Å². The summed E-state index contributed by atoms with van der Waals surface area (Å²) in [5, 5.41) is 6.83. The lowest BCUT2D eigenvalue weighted by atomic mass is 10.1. The number of carbonyl (C=O) groups is 1. The monoisotopic (exact) mass is 353 g/mol. The number of carbonyl (C=O) groups excluding carboxylic acids is 1. The Hall–Kier alpha value is -2.60. The van der Waals surface area contributed by atoms with E-state index in [1.165, 1.54) is 11.8 Å². The number of hydrogen-bond acceptors (Lipinski definition) is 5. The Bertz CT molecular complexity index is 849. The lowest BCUT2D eigenvalue weighted by Crippen LogP contribution is -2.27. The van der Waals surface area contributed by atoms with Crippen molar-refractivity contribution in [1.29, 1.82) is 0 Å². The highest BCUT2D eigenvalue weighted by molar-refractivity contribution is 7.98. The topological polar surface area (TPSA) is 68.0 Å². The van der Waals surface area contributed by atoms with Gasteiger partial charge in [0, 0.05) is 4.90 Å². The fraction of sp³-hybridized carbons (Fsp3) is 0.211. The van der Waals surface area contributed by atoms with Crippen LogP contribution in [-0.2, 0) is 5.75 Å². The first kappa shape index (κ1) is 17.2. The van der Waals surface area contributed by atoms with Crippen LogP contribution in [-0.4, -0.2) is 16.0 Å². The summed E-state index contributed by atoms with van der Waals surface area (Å²) in [4.78, 5) is 17.8. The fourth-order valence-electron chi connectivity index (χ4n) is 2.42. The highest BCUT2D eigenvalue weighted by Crippen LogP contribution is 2.26. The molecule has 0 saturated carbocycles. The molecule has 6 heteroatoms. The molecule has 0 aliphatic heterocycles. The van der Waals surface area contributed by atoms with E-state index in [9.17, 15) is 4.79 Å². The molecule has 5 nitrogen and oxygen atoms in total. The van der Waals surface area contributed by atoms with Crippen molar-refractivity contribution in [1.82, 2.24) is 15.5 Å². The SMILES string of the molecule is Cc1noc(CSc2ccccc2C(=O)N[C@@H](C)c2ccccc2)n1. The summed E-state index contributed by atoms with van der Waals surface area (Å²) in [6, 6.07) is 17.4. The number of thioether (sulfide) groups is 1. The van der Waals surface area contributed by atoms with Gasteiger partial charge >= 0.3 is 0 Å². The van der Waals surface area contributed by atoms with Crippen molar-refractivity contribution in [3.05, 3.63) is 77.4 Å². The van der Waals surface area contributed by atoms with E-state index in [1.54, 1.807) is 6.92 Å². The highest BCUT2D eigenvalue weighted by Gasteiger charge is 2.15. The van der Waals surface area contributed by atoms with Crippen molar-refractivity contribution in [3.63, 3.8) is 0 Å². The van der Waals surface area contributed by atoms with E-state index >= 15 is 0 Å². The molecule has 1 heterocycles. The second-order valence-electron chi connectivity index (χ2n) is 5.63. The zero-order chi connectivity index (χ0) is 17.6. The van der Waals surface area contributed by atoms with Crippen LogP contribution in [0.4, 0.5) is 0 Å². The average Bonchev–Trinajstić information content (AvgIpc) is 3.06. The van der Waals surface area contributed by atoms with Gasteiger partial charge in [-0.1, -0.05) is 47.6 Å². The summed E-state index contributed by atoms with van der Waals surface area (Å²) in [7, 11) is 0. The standard InChI is InChI=1S/C19H19N3O2S/c1-13(15-8-4-3-5-9-15)20-19(23)16-10-6-7-11-17(16)25-12-18-21-14(2)22-24-18/h3-11,13H,12H2,1-2H3,(H,20,23)/t13-/m0/s1. The van der Waals surface area contributed by atoms with Gasteiger partial charge in [-0.25, -0.2) is 0 Å². The van der Waals surface area contributed by atoms with Gasteiger partial charge in [0.25, 0.3) is 5.91 Å². The molecule has 0 aliphatic carbocycles. The van der Waals surface area contributed by atoms with Crippen LogP contribution in [0.15, 0.2) is 64.0 Å². The maximum absolute atomic E-state index is 12.7. The van der Waals surface area contributed by atoms with Crippen LogP contribution in [0.2, 0.25) is 0 Å². The van der Waals surface area contributed by atoms with Gasteiger partial charge in [0.15, 0.2) is 5.82 Å². The third-order valence-corrected chi connectivity index (χ3v) is 4.76. The van der Waals surface area contributed by atoms with Crippen LogP contribution in [0.5, 0.6) is 0 Å². The van der Waals surface area contributed by atoms with Gasteiger partial charge in [-0.2, -0.15) is 4.98 Å². The number of rotatable bonds is 6. The lowest BCUT2D eigenvalue weighted by molar-refractivity contribution is 0.0937. The zero-order valence-electron chi connectivity index (χ0n) is 14.1. The van der Waals surface area contributed by atoms with Crippen LogP contribution in [0, 0.1) is 6.92 Å². The number of nitrogens with one attached hydrogen (secondary N) is 1. The van der Waals surface area contributed by atoms with Gasteiger partial charge in [0.2, 0.25) is 5.89 Å². The quantitative estimate of drug-likeness (QED) is 0.674. The first-order chi connectivity index (χ1) is 12.1. The van der Waals surface area contributed by atoms with E-state index in [-0.39, 0.29) is 11.9 Å². The smallest absolute Gasteiger partial charge is 0.252 e. The summed E-state index contributed by atoms with van der Waals surface area (Å²) < 4.78 is 5.13. The zero-order valence-corrected chi connectivity index (χ0v) is 14.9. The van der Waals surface area contributed by atoms with E-state index in [0.29, 0.717) is 23.0 Å². The van der Waals surface area contributed by atoms with Gasteiger partial charge in [-0.15, -0.1) is 11.8 Å². The van der Waals surface area contributed by atoms with E-state index in [4.69, 9.17) is 4.52 Å². The maximum atomic E-state index is 12.7. The average molecular weight is 353 g/mol. The van der Waals surface area contributed by atoms with Gasteiger partial charge in [-0.3, -0.25) is 4.79 Å². The van der Waals surface area contributed by atoms with Gasteiger partial charge < -0.3 is 9.84 Å². The molecule has 1 atom stereocenters. The Morgan fingerprint density at radius 1 is 1.16 bits per heavy atom. The minimum Gasteiger partial charge on any atom is -0.345 e. The predicted molar refractivity (Wildman–Crippen MR) is 97.4 cm³/mol. The maximum Gasteiger partial charge on any atom is 0.252 e. The molecule has 3 aromatic rings. The van der Waals surface area contributed by atoms with Gasteiger partial charge in [0.1, 0.15) is 0 Å². The van der Waals surface area contributed by atoms with E-state index < -0.39 is 0 Å². The molecule has 1 amide bonds. The Balaban J connectivity index is 1.70. The number of hydrogen-bond donors (Lipinski definition) is 1. The van der Waals surface area contributed by atoms with E-state index in [2.05, 4.69) is 15.5 Å². The van der Waals surface area contributed by atoms with Crippen LogP contribution in [0.1, 0.15) is 40.6 Å². The molecule has 1 N–H and O–H groups in total. The van der Waals surface area contributed by atoms with Gasteiger partial charge in [-0.05, 0) is 31.5 Å². The van der Waals surface area contributed by atoms with Crippen LogP contribution >= 0.6 is 11.8 Å². The fourth-order valence-corrected chi connectivity index (χ4v) is 3.30. The third kappa shape index (κ3) is 4.48. The molecule has 0 bridgehead atoms. The number of aryl methyl sites for hydroxylation is 1. The predicted octanol–water partition coefficient (Wildman–Crippen LogP) is 4.16. The second kappa shape index (κ2) is 7.98. The molecular formula is C19H19N3O2S. The molecule has 0 spiro atoms. The Morgan fingerprint density at radius 2 is 1.88 bits per heavy atom. The Labute approximate surface area is 150 Å². The molecule has 0 aliphatic rings. The number of benzene rings is 2.